The van der Waals surface area contributed by atoms with Gasteiger partial charge in [-0.3, -0.25) is 0 Å². The molecule has 0 unspecified atom stereocenters. The zero-order valence-corrected chi connectivity index (χ0v) is 13.0. The Kier molecular flexibility index (Phi) is 3.60. The third kappa shape index (κ3) is 2.46. The lowest BCUT2D eigenvalue weighted by Gasteiger charge is -1.96. The molecule has 0 aliphatic heterocycles. The Balaban J connectivity index is 1.99. The van der Waals surface area contributed by atoms with E-state index in [0.717, 1.165) is 16.8 Å². The Hall–Kier alpha value is -3.33. The van der Waals surface area contributed by atoms with Crippen LogP contribution in [-0.2, 0) is 0 Å². The van der Waals surface area contributed by atoms with Crippen molar-refractivity contribution in [3.63, 3.8) is 0 Å². The number of aromatic hydroxyl groups is 1. The predicted molar refractivity (Wildman–Crippen MR) is 92.8 cm³/mol. The van der Waals surface area contributed by atoms with Crippen molar-refractivity contribution in [3.05, 3.63) is 91.0 Å². The number of rotatable bonds is 3. The standard InChI is InChI=1S/C21H15NO2/c23-20-19(16-10-4-1-5-11-16)24-21(17-12-6-2-7-13-17)22(20)18-14-8-3-9-15-18/h1-15H/p+1. The van der Waals surface area contributed by atoms with Gasteiger partial charge in [0.2, 0.25) is 5.69 Å². The fraction of sp³-hybridized carbons (Fsp3) is 0. The lowest BCUT2D eigenvalue weighted by molar-refractivity contribution is -0.594. The molecular weight excluding hydrogens is 298 g/mol. The maximum atomic E-state index is 10.8. The Labute approximate surface area is 140 Å². The molecule has 0 atom stereocenters. The number of hydrogen-bond donors (Lipinski definition) is 1. The molecule has 4 rings (SSSR count). The van der Waals surface area contributed by atoms with Gasteiger partial charge in [-0.15, -0.1) is 0 Å². The Bertz CT molecular complexity index is 945. The second kappa shape index (κ2) is 6.05. The average molecular weight is 314 g/mol. The molecule has 0 amide bonds. The van der Waals surface area contributed by atoms with E-state index >= 15 is 0 Å². The summed E-state index contributed by atoms with van der Waals surface area (Å²) < 4.78 is 7.82. The Morgan fingerprint density at radius 3 is 1.71 bits per heavy atom. The van der Waals surface area contributed by atoms with Gasteiger partial charge in [-0.2, -0.15) is 0 Å². The molecule has 1 heterocycles. The second-order valence-electron chi connectivity index (χ2n) is 5.46. The maximum Gasteiger partial charge on any atom is 0.419 e. The van der Waals surface area contributed by atoms with Gasteiger partial charge in [-0.1, -0.05) is 71.3 Å². The quantitative estimate of drug-likeness (QED) is 0.561. The van der Waals surface area contributed by atoms with Crippen LogP contribution in [0.2, 0.25) is 0 Å². The minimum absolute atomic E-state index is 0.0891. The zero-order valence-electron chi connectivity index (χ0n) is 13.0. The Morgan fingerprint density at radius 2 is 1.12 bits per heavy atom. The summed E-state index contributed by atoms with van der Waals surface area (Å²) in [7, 11) is 0. The van der Waals surface area contributed by atoms with E-state index in [4.69, 9.17) is 4.42 Å². The highest BCUT2D eigenvalue weighted by atomic mass is 16.4. The molecule has 3 aromatic carbocycles. The summed E-state index contributed by atoms with van der Waals surface area (Å²) >= 11 is 0. The summed E-state index contributed by atoms with van der Waals surface area (Å²) in [6, 6.07) is 29.1. The summed E-state index contributed by atoms with van der Waals surface area (Å²) in [5.74, 6) is 1.14. The van der Waals surface area contributed by atoms with Crippen molar-refractivity contribution in [1.29, 1.82) is 0 Å². The van der Waals surface area contributed by atoms with E-state index in [-0.39, 0.29) is 5.88 Å². The van der Waals surface area contributed by atoms with Crippen molar-refractivity contribution >= 4 is 0 Å². The zero-order chi connectivity index (χ0) is 16.4. The van der Waals surface area contributed by atoms with Crippen molar-refractivity contribution in [2.75, 3.05) is 0 Å². The van der Waals surface area contributed by atoms with Crippen LogP contribution < -0.4 is 4.57 Å². The number of oxazole rings is 1. The van der Waals surface area contributed by atoms with E-state index in [1.165, 1.54) is 0 Å². The van der Waals surface area contributed by atoms with Crippen LogP contribution in [0.15, 0.2) is 95.4 Å². The molecule has 1 N–H and O–H groups in total. The normalized spacial score (nSPS) is 10.7. The Morgan fingerprint density at radius 1 is 0.625 bits per heavy atom. The molecule has 0 aliphatic rings. The van der Waals surface area contributed by atoms with Gasteiger partial charge in [-0.05, 0) is 12.1 Å². The largest absolute Gasteiger partial charge is 0.457 e. The fourth-order valence-corrected chi connectivity index (χ4v) is 2.75. The first-order valence-corrected chi connectivity index (χ1v) is 7.78. The highest BCUT2D eigenvalue weighted by Crippen LogP contribution is 2.33. The molecule has 4 aromatic rings. The van der Waals surface area contributed by atoms with Gasteiger partial charge in [-0.25, -0.2) is 0 Å². The van der Waals surface area contributed by atoms with E-state index < -0.39 is 0 Å². The van der Waals surface area contributed by atoms with Crippen molar-refractivity contribution < 1.29 is 14.1 Å². The molecule has 3 nitrogen and oxygen atoms in total. The highest BCUT2D eigenvalue weighted by molar-refractivity contribution is 5.64. The number of hydrogen-bond acceptors (Lipinski definition) is 2. The third-order valence-corrected chi connectivity index (χ3v) is 3.89. The molecule has 116 valence electrons. The molecule has 0 spiro atoms. The highest BCUT2D eigenvalue weighted by Gasteiger charge is 2.32. The van der Waals surface area contributed by atoms with Crippen LogP contribution in [0.3, 0.4) is 0 Å². The van der Waals surface area contributed by atoms with E-state index in [2.05, 4.69) is 0 Å². The summed E-state index contributed by atoms with van der Waals surface area (Å²) in [6.07, 6.45) is 0. The van der Waals surface area contributed by atoms with Crippen LogP contribution in [0.5, 0.6) is 5.88 Å². The molecule has 3 heteroatoms. The molecule has 0 saturated heterocycles. The van der Waals surface area contributed by atoms with E-state index in [9.17, 15) is 5.11 Å². The van der Waals surface area contributed by atoms with Gasteiger partial charge in [0.1, 0.15) is 0 Å². The number of benzene rings is 3. The third-order valence-electron chi connectivity index (χ3n) is 3.89. The van der Waals surface area contributed by atoms with Gasteiger partial charge in [0.25, 0.3) is 5.76 Å². The number of para-hydroxylation sites is 1. The number of aromatic nitrogens is 1. The minimum Gasteiger partial charge on any atom is -0.457 e. The fourth-order valence-electron chi connectivity index (χ4n) is 2.75. The lowest BCUT2D eigenvalue weighted by Crippen LogP contribution is -2.30. The van der Waals surface area contributed by atoms with Crippen molar-refractivity contribution in [2.24, 2.45) is 0 Å². The molecule has 0 bridgehead atoms. The first-order valence-electron chi connectivity index (χ1n) is 7.78. The van der Waals surface area contributed by atoms with Crippen molar-refractivity contribution in [1.82, 2.24) is 0 Å². The molecule has 24 heavy (non-hydrogen) atoms. The lowest BCUT2D eigenvalue weighted by atomic mass is 10.2. The first kappa shape index (κ1) is 14.3. The van der Waals surface area contributed by atoms with Crippen LogP contribution in [0.25, 0.3) is 28.5 Å². The van der Waals surface area contributed by atoms with Crippen molar-refractivity contribution in [2.45, 2.75) is 0 Å². The molecule has 0 radical (unpaired) electrons. The maximum absolute atomic E-state index is 10.8. The molecule has 0 aliphatic carbocycles. The summed E-state index contributed by atoms with van der Waals surface area (Å²) in [5, 5.41) is 10.8. The van der Waals surface area contributed by atoms with Crippen molar-refractivity contribution in [3.8, 4) is 34.3 Å². The van der Waals surface area contributed by atoms with Gasteiger partial charge in [0, 0.05) is 17.7 Å². The molecule has 0 saturated carbocycles. The van der Waals surface area contributed by atoms with E-state index in [0.29, 0.717) is 11.7 Å². The van der Waals surface area contributed by atoms with Gasteiger partial charge >= 0.3 is 11.8 Å². The summed E-state index contributed by atoms with van der Waals surface area (Å²) in [5.41, 5.74) is 2.58. The molecular formula is C21H16NO2+. The van der Waals surface area contributed by atoms with Crippen LogP contribution >= 0.6 is 0 Å². The molecule has 0 fully saturated rings. The van der Waals surface area contributed by atoms with Crippen LogP contribution in [0.4, 0.5) is 0 Å². The van der Waals surface area contributed by atoms with Crippen LogP contribution in [0.1, 0.15) is 0 Å². The van der Waals surface area contributed by atoms with Crippen LogP contribution in [0, 0.1) is 0 Å². The SMILES string of the molecule is Oc1c(-c2ccccc2)oc(-c2ccccc2)[n+]1-c1ccccc1. The van der Waals surface area contributed by atoms with Gasteiger partial charge in [0.15, 0.2) is 0 Å². The first-order chi connectivity index (χ1) is 11.8. The van der Waals surface area contributed by atoms with Crippen LogP contribution in [-0.4, -0.2) is 5.11 Å². The topological polar surface area (TPSA) is 37.3 Å². The average Bonchev–Trinajstić information content (AvgIpc) is 3.01. The predicted octanol–water partition coefficient (Wildman–Crippen LogP) is 4.60. The second-order valence-corrected chi connectivity index (χ2v) is 5.46. The molecule has 1 aromatic heterocycles. The summed E-state index contributed by atoms with van der Waals surface area (Å²) in [6.45, 7) is 0. The van der Waals surface area contributed by atoms with E-state index in [1.807, 2.05) is 91.0 Å². The van der Waals surface area contributed by atoms with Gasteiger partial charge < -0.3 is 9.52 Å². The van der Waals surface area contributed by atoms with E-state index in [1.54, 1.807) is 4.57 Å². The monoisotopic (exact) mass is 314 g/mol. The summed E-state index contributed by atoms with van der Waals surface area (Å²) in [4.78, 5) is 0. The number of nitrogens with zero attached hydrogens (tertiary/aromatic N) is 1. The minimum atomic E-state index is 0.0891. The smallest absolute Gasteiger partial charge is 0.419 e. The van der Waals surface area contributed by atoms with Gasteiger partial charge in [0.05, 0.1) is 5.56 Å².